The van der Waals surface area contributed by atoms with Crippen LogP contribution < -0.4 is 4.31 Å². The van der Waals surface area contributed by atoms with Gasteiger partial charge in [0.2, 0.25) is 0 Å². The van der Waals surface area contributed by atoms with Gasteiger partial charge in [0.1, 0.15) is 0 Å². The van der Waals surface area contributed by atoms with E-state index in [1.807, 2.05) is 30.3 Å². The van der Waals surface area contributed by atoms with Crippen molar-refractivity contribution in [2.45, 2.75) is 18.2 Å². The van der Waals surface area contributed by atoms with Gasteiger partial charge in [0.05, 0.1) is 10.6 Å². The van der Waals surface area contributed by atoms with E-state index in [2.05, 4.69) is 6.92 Å². The number of anilines is 1. The van der Waals surface area contributed by atoms with E-state index >= 15 is 0 Å². The summed E-state index contributed by atoms with van der Waals surface area (Å²) >= 11 is 0. The SMILES string of the molecule is CC1Cc2ccccc2N(S(=O)(=O)c2ccccc2)C1. The number of fused-ring (bicyclic) bond motifs is 1. The van der Waals surface area contributed by atoms with Crippen molar-refractivity contribution in [3.8, 4) is 0 Å². The Balaban J connectivity index is 2.11. The highest BCUT2D eigenvalue weighted by atomic mass is 32.2. The molecule has 3 nitrogen and oxygen atoms in total. The third-order valence-corrected chi connectivity index (χ3v) is 5.43. The fourth-order valence-electron chi connectivity index (χ4n) is 2.70. The van der Waals surface area contributed by atoms with Gasteiger partial charge < -0.3 is 0 Å². The van der Waals surface area contributed by atoms with Crippen molar-refractivity contribution in [1.29, 1.82) is 0 Å². The summed E-state index contributed by atoms with van der Waals surface area (Å²) in [4.78, 5) is 0.351. The molecule has 0 spiro atoms. The van der Waals surface area contributed by atoms with E-state index in [1.165, 1.54) is 0 Å². The predicted molar refractivity (Wildman–Crippen MR) is 80.3 cm³/mol. The first-order valence-corrected chi connectivity index (χ1v) is 8.19. The molecule has 1 aliphatic heterocycles. The number of hydrogen-bond donors (Lipinski definition) is 0. The zero-order chi connectivity index (χ0) is 14.2. The number of benzene rings is 2. The van der Waals surface area contributed by atoms with Gasteiger partial charge in [-0.1, -0.05) is 43.3 Å². The van der Waals surface area contributed by atoms with Gasteiger partial charge in [-0.2, -0.15) is 0 Å². The number of rotatable bonds is 2. The van der Waals surface area contributed by atoms with Gasteiger partial charge in [-0.05, 0) is 36.1 Å². The first-order valence-electron chi connectivity index (χ1n) is 6.75. The minimum Gasteiger partial charge on any atom is -0.266 e. The van der Waals surface area contributed by atoms with Crippen LogP contribution in [-0.4, -0.2) is 15.0 Å². The van der Waals surface area contributed by atoms with E-state index in [4.69, 9.17) is 0 Å². The Morgan fingerprint density at radius 1 is 1.00 bits per heavy atom. The molecular formula is C16H17NO2S. The summed E-state index contributed by atoms with van der Waals surface area (Å²) in [6.45, 7) is 2.62. The molecule has 0 radical (unpaired) electrons. The maximum absolute atomic E-state index is 12.8. The molecule has 0 aliphatic carbocycles. The van der Waals surface area contributed by atoms with Crippen LogP contribution >= 0.6 is 0 Å². The maximum atomic E-state index is 12.8. The summed E-state index contributed by atoms with van der Waals surface area (Å²) in [6.07, 6.45) is 0.928. The average Bonchev–Trinajstić information content (AvgIpc) is 2.47. The molecule has 0 amide bonds. The van der Waals surface area contributed by atoms with Crippen molar-refractivity contribution < 1.29 is 8.42 Å². The number of hydrogen-bond acceptors (Lipinski definition) is 2. The minimum atomic E-state index is -3.48. The van der Waals surface area contributed by atoms with Gasteiger partial charge in [-0.25, -0.2) is 8.42 Å². The first-order chi connectivity index (χ1) is 9.59. The fourth-order valence-corrected chi connectivity index (χ4v) is 4.34. The lowest BCUT2D eigenvalue weighted by atomic mass is 9.96. The molecule has 0 aromatic heterocycles. The van der Waals surface area contributed by atoms with Crippen LogP contribution in [0.15, 0.2) is 59.5 Å². The highest BCUT2D eigenvalue weighted by molar-refractivity contribution is 7.92. The zero-order valence-electron chi connectivity index (χ0n) is 11.4. The van der Waals surface area contributed by atoms with Crippen LogP contribution in [0.1, 0.15) is 12.5 Å². The second-order valence-electron chi connectivity index (χ2n) is 5.29. The Labute approximate surface area is 119 Å². The van der Waals surface area contributed by atoms with Gasteiger partial charge in [-0.3, -0.25) is 4.31 Å². The van der Waals surface area contributed by atoms with Crippen molar-refractivity contribution in [3.63, 3.8) is 0 Å². The molecule has 1 aliphatic rings. The van der Waals surface area contributed by atoms with E-state index in [9.17, 15) is 8.42 Å². The summed E-state index contributed by atoms with van der Waals surface area (Å²) in [5.74, 6) is 0.323. The van der Waals surface area contributed by atoms with Gasteiger partial charge in [-0.15, -0.1) is 0 Å². The van der Waals surface area contributed by atoms with E-state index in [-0.39, 0.29) is 0 Å². The second-order valence-corrected chi connectivity index (χ2v) is 7.15. The zero-order valence-corrected chi connectivity index (χ0v) is 12.2. The topological polar surface area (TPSA) is 37.4 Å². The third kappa shape index (κ3) is 2.20. The molecule has 1 atom stereocenters. The average molecular weight is 287 g/mol. The van der Waals surface area contributed by atoms with Crippen LogP contribution in [0.2, 0.25) is 0 Å². The van der Waals surface area contributed by atoms with E-state index in [0.717, 1.165) is 17.7 Å². The molecule has 2 aromatic rings. The van der Waals surface area contributed by atoms with Crippen LogP contribution in [0.4, 0.5) is 5.69 Å². The molecule has 3 rings (SSSR count). The van der Waals surface area contributed by atoms with Gasteiger partial charge in [0.25, 0.3) is 10.0 Å². The van der Waals surface area contributed by atoms with Gasteiger partial charge >= 0.3 is 0 Å². The van der Waals surface area contributed by atoms with Crippen LogP contribution in [-0.2, 0) is 16.4 Å². The molecule has 0 bridgehead atoms. The summed E-state index contributed by atoms with van der Waals surface area (Å²) in [5, 5.41) is 0. The lowest BCUT2D eigenvalue weighted by Gasteiger charge is -2.33. The first kappa shape index (κ1) is 13.2. The quantitative estimate of drug-likeness (QED) is 0.851. The van der Waals surface area contributed by atoms with Crippen molar-refractivity contribution in [1.82, 2.24) is 0 Å². The molecule has 2 aromatic carbocycles. The number of para-hydroxylation sites is 1. The smallest absolute Gasteiger partial charge is 0.264 e. The monoisotopic (exact) mass is 287 g/mol. The number of sulfonamides is 1. The molecule has 4 heteroatoms. The minimum absolute atomic E-state index is 0.323. The molecular weight excluding hydrogens is 270 g/mol. The van der Waals surface area contributed by atoms with Crippen LogP contribution in [0.25, 0.3) is 0 Å². The summed E-state index contributed by atoms with van der Waals surface area (Å²) < 4.78 is 27.2. The fraction of sp³-hybridized carbons (Fsp3) is 0.250. The highest BCUT2D eigenvalue weighted by Crippen LogP contribution is 2.33. The van der Waals surface area contributed by atoms with E-state index < -0.39 is 10.0 Å². The predicted octanol–water partition coefficient (Wildman–Crippen LogP) is 3.07. The Hall–Kier alpha value is -1.81. The van der Waals surface area contributed by atoms with Crippen LogP contribution in [0.3, 0.4) is 0 Å². The lowest BCUT2D eigenvalue weighted by molar-refractivity contribution is 0.545. The van der Waals surface area contributed by atoms with Crippen molar-refractivity contribution in [2.75, 3.05) is 10.8 Å². The van der Waals surface area contributed by atoms with Crippen molar-refractivity contribution >= 4 is 15.7 Å². The molecule has 0 saturated heterocycles. The Kier molecular flexibility index (Phi) is 3.26. The van der Waals surface area contributed by atoms with E-state index in [0.29, 0.717) is 17.4 Å². The van der Waals surface area contributed by atoms with Gasteiger partial charge in [0.15, 0.2) is 0 Å². The Morgan fingerprint density at radius 2 is 1.65 bits per heavy atom. The third-order valence-electron chi connectivity index (χ3n) is 3.64. The number of nitrogens with zero attached hydrogens (tertiary/aromatic N) is 1. The maximum Gasteiger partial charge on any atom is 0.264 e. The normalized spacial score (nSPS) is 18.6. The highest BCUT2D eigenvalue weighted by Gasteiger charge is 2.31. The van der Waals surface area contributed by atoms with Crippen molar-refractivity contribution in [3.05, 3.63) is 60.2 Å². The molecule has 20 heavy (non-hydrogen) atoms. The lowest BCUT2D eigenvalue weighted by Crippen LogP contribution is -2.39. The standard InChI is InChI=1S/C16H17NO2S/c1-13-11-14-7-5-6-10-16(14)17(12-13)20(18,19)15-8-3-2-4-9-15/h2-10,13H,11-12H2,1H3. The Morgan fingerprint density at radius 3 is 2.40 bits per heavy atom. The summed E-state index contributed by atoms with van der Waals surface area (Å²) in [6, 6.07) is 16.4. The summed E-state index contributed by atoms with van der Waals surface area (Å²) in [5.41, 5.74) is 1.92. The molecule has 0 fully saturated rings. The summed E-state index contributed by atoms with van der Waals surface area (Å²) in [7, 11) is -3.48. The second kappa shape index (κ2) is 4.94. The molecule has 1 unspecified atom stereocenters. The molecule has 104 valence electrons. The van der Waals surface area contributed by atoms with Crippen LogP contribution in [0, 0.1) is 5.92 Å². The Bertz CT molecular complexity index is 710. The van der Waals surface area contributed by atoms with E-state index in [1.54, 1.807) is 28.6 Å². The molecule has 0 N–H and O–H groups in total. The largest absolute Gasteiger partial charge is 0.266 e. The van der Waals surface area contributed by atoms with Gasteiger partial charge in [0, 0.05) is 6.54 Å². The van der Waals surface area contributed by atoms with Crippen LogP contribution in [0.5, 0.6) is 0 Å². The van der Waals surface area contributed by atoms with Crippen molar-refractivity contribution in [2.24, 2.45) is 5.92 Å². The molecule has 0 saturated carbocycles. The molecule has 1 heterocycles.